The Bertz CT molecular complexity index is 546. The Kier molecular flexibility index (Phi) is 5.31. The summed E-state index contributed by atoms with van der Waals surface area (Å²) in [5, 5.41) is 3.49. The molecule has 0 spiro atoms. The molecule has 0 bridgehead atoms. The number of amides is 1. The van der Waals surface area contributed by atoms with E-state index in [9.17, 15) is 9.59 Å². The molecule has 7 heteroatoms. The molecular weight excluding hydrogens is 317 g/mol. The predicted octanol–water partition coefficient (Wildman–Crippen LogP) is 2.58. The average Bonchev–Trinajstić information content (AvgIpc) is 3.23. The van der Waals surface area contributed by atoms with Crippen LogP contribution in [0.1, 0.15) is 19.8 Å². The summed E-state index contributed by atoms with van der Waals surface area (Å²) in [7, 11) is 0. The van der Waals surface area contributed by atoms with Gasteiger partial charge in [-0.2, -0.15) is 0 Å². The van der Waals surface area contributed by atoms with Crippen molar-refractivity contribution in [1.82, 2.24) is 5.32 Å². The van der Waals surface area contributed by atoms with E-state index in [0.29, 0.717) is 15.8 Å². The minimum atomic E-state index is -0.877. The standard InChI is InChI=1S/C14H15Cl2NO4/c1-8(21-12-5-2-9(15)6-11(12)16)14(19)20-7-13(18)17-10-3-4-10/h2,5-6,8,10H,3-4,7H2,1H3,(H,17,18)/t8-/m1/s1. The Morgan fingerprint density at radius 2 is 2.10 bits per heavy atom. The highest BCUT2D eigenvalue weighted by Crippen LogP contribution is 2.28. The average molecular weight is 332 g/mol. The molecule has 2 rings (SSSR count). The molecule has 1 amide bonds. The van der Waals surface area contributed by atoms with Gasteiger partial charge >= 0.3 is 5.97 Å². The summed E-state index contributed by atoms with van der Waals surface area (Å²) in [5.74, 6) is -0.609. The number of rotatable bonds is 6. The van der Waals surface area contributed by atoms with Gasteiger partial charge in [-0.1, -0.05) is 23.2 Å². The number of halogens is 2. The number of ether oxygens (including phenoxy) is 2. The number of nitrogens with one attached hydrogen (secondary N) is 1. The van der Waals surface area contributed by atoms with Crippen LogP contribution in [0.3, 0.4) is 0 Å². The third-order valence-corrected chi connectivity index (χ3v) is 3.35. The van der Waals surface area contributed by atoms with E-state index in [1.54, 1.807) is 12.1 Å². The van der Waals surface area contributed by atoms with Gasteiger partial charge in [0.15, 0.2) is 12.7 Å². The molecule has 1 N–H and O–H groups in total. The number of benzene rings is 1. The SMILES string of the molecule is C[C@@H](Oc1ccc(Cl)cc1Cl)C(=O)OCC(=O)NC1CC1. The zero-order valence-corrected chi connectivity index (χ0v) is 12.9. The van der Waals surface area contributed by atoms with Crippen LogP contribution in [0.15, 0.2) is 18.2 Å². The fourth-order valence-corrected chi connectivity index (χ4v) is 2.01. The highest BCUT2D eigenvalue weighted by atomic mass is 35.5. The molecule has 0 aromatic heterocycles. The summed E-state index contributed by atoms with van der Waals surface area (Å²) in [6, 6.07) is 4.91. The van der Waals surface area contributed by atoms with Crippen LogP contribution in [0.5, 0.6) is 5.75 Å². The largest absolute Gasteiger partial charge is 0.477 e. The van der Waals surface area contributed by atoms with Gasteiger partial charge in [0.1, 0.15) is 5.75 Å². The van der Waals surface area contributed by atoms with Gasteiger partial charge in [-0.25, -0.2) is 4.79 Å². The minimum absolute atomic E-state index is 0.234. The third-order valence-electron chi connectivity index (χ3n) is 2.82. The molecule has 1 aliphatic rings. The first-order valence-corrected chi connectivity index (χ1v) is 7.29. The second-order valence-electron chi connectivity index (χ2n) is 4.78. The van der Waals surface area contributed by atoms with Gasteiger partial charge < -0.3 is 14.8 Å². The Balaban J connectivity index is 1.79. The van der Waals surface area contributed by atoms with Gasteiger partial charge in [-0.3, -0.25) is 4.79 Å². The van der Waals surface area contributed by atoms with E-state index >= 15 is 0 Å². The maximum Gasteiger partial charge on any atom is 0.347 e. The fraction of sp³-hybridized carbons (Fsp3) is 0.429. The van der Waals surface area contributed by atoms with Crippen LogP contribution in [-0.2, 0) is 14.3 Å². The van der Waals surface area contributed by atoms with Crippen LogP contribution in [-0.4, -0.2) is 30.6 Å². The molecule has 1 aromatic carbocycles. The molecule has 1 aliphatic carbocycles. The number of esters is 1. The van der Waals surface area contributed by atoms with Crippen molar-refractivity contribution in [3.63, 3.8) is 0 Å². The van der Waals surface area contributed by atoms with Crippen molar-refractivity contribution in [2.75, 3.05) is 6.61 Å². The molecular formula is C14H15Cl2NO4. The smallest absolute Gasteiger partial charge is 0.347 e. The normalized spacial score (nSPS) is 15.2. The molecule has 0 aliphatic heterocycles. The predicted molar refractivity (Wildman–Crippen MR) is 78.7 cm³/mol. The van der Waals surface area contributed by atoms with Crippen LogP contribution in [0, 0.1) is 0 Å². The van der Waals surface area contributed by atoms with Crippen molar-refractivity contribution in [2.45, 2.75) is 31.9 Å². The summed E-state index contributed by atoms with van der Waals surface area (Å²) in [6.07, 6.45) is 1.08. The lowest BCUT2D eigenvalue weighted by atomic mass is 10.3. The van der Waals surface area contributed by atoms with E-state index in [4.69, 9.17) is 32.7 Å². The van der Waals surface area contributed by atoms with Crippen molar-refractivity contribution in [1.29, 1.82) is 0 Å². The first-order valence-electron chi connectivity index (χ1n) is 6.53. The molecule has 0 radical (unpaired) electrons. The Morgan fingerprint density at radius 1 is 1.38 bits per heavy atom. The lowest BCUT2D eigenvalue weighted by molar-refractivity contribution is -0.154. The Hall–Kier alpha value is -1.46. The van der Waals surface area contributed by atoms with E-state index in [1.807, 2.05) is 0 Å². The summed E-state index contributed by atoms with van der Waals surface area (Å²) in [6.45, 7) is 1.21. The number of carbonyl (C=O) groups excluding carboxylic acids is 2. The van der Waals surface area contributed by atoms with E-state index in [2.05, 4.69) is 5.32 Å². The number of hydrogen-bond acceptors (Lipinski definition) is 4. The molecule has 0 heterocycles. The second-order valence-corrected chi connectivity index (χ2v) is 5.63. The Morgan fingerprint density at radius 3 is 2.71 bits per heavy atom. The molecule has 1 aromatic rings. The zero-order chi connectivity index (χ0) is 15.4. The van der Waals surface area contributed by atoms with E-state index in [0.717, 1.165) is 12.8 Å². The molecule has 21 heavy (non-hydrogen) atoms. The van der Waals surface area contributed by atoms with Crippen LogP contribution in [0.2, 0.25) is 10.0 Å². The summed E-state index contributed by atoms with van der Waals surface area (Å²) < 4.78 is 10.3. The van der Waals surface area contributed by atoms with Gasteiger partial charge in [-0.05, 0) is 38.0 Å². The first kappa shape index (κ1) is 15.9. The van der Waals surface area contributed by atoms with E-state index in [1.165, 1.54) is 13.0 Å². The summed E-state index contributed by atoms with van der Waals surface area (Å²) in [4.78, 5) is 23.1. The second kappa shape index (κ2) is 7.00. The lowest BCUT2D eigenvalue weighted by Gasteiger charge is -2.15. The molecule has 1 fully saturated rings. The van der Waals surface area contributed by atoms with E-state index < -0.39 is 12.1 Å². The van der Waals surface area contributed by atoms with Crippen molar-refractivity contribution < 1.29 is 19.1 Å². The fourth-order valence-electron chi connectivity index (χ4n) is 1.56. The molecule has 5 nitrogen and oxygen atoms in total. The quantitative estimate of drug-likeness (QED) is 0.813. The van der Waals surface area contributed by atoms with Crippen molar-refractivity contribution in [3.8, 4) is 5.75 Å². The van der Waals surface area contributed by atoms with Crippen LogP contribution in [0.4, 0.5) is 0 Å². The molecule has 1 atom stereocenters. The van der Waals surface area contributed by atoms with Crippen LogP contribution < -0.4 is 10.1 Å². The van der Waals surface area contributed by atoms with Gasteiger partial charge in [-0.15, -0.1) is 0 Å². The van der Waals surface area contributed by atoms with Gasteiger partial charge in [0, 0.05) is 11.1 Å². The molecule has 0 saturated heterocycles. The minimum Gasteiger partial charge on any atom is -0.477 e. The van der Waals surface area contributed by atoms with Crippen LogP contribution in [0.25, 0.3) is 0 Å². The number of carbonyl (C=O) groups is 2. The monoisotopic (exact) mass is 331 g/mol. The topological polar surface area (TPSA) is 64.6 Å². The summed E-state index contributed by atoms with van der Waals surface area (Å²) >= 11 is 11.7. The third kappa shape index (κ3) is 5.10. The van der Waals surface area contributed by atoms with Gasteiger partial charge in [0.25, 0.3) is 5.91 Å². The van der Waals surface area contributed by atoms with Crippen molar-refractivity contribution in [3.05, 3.63) is 28.2 Å². The highest BCUT2D eigenvalue weighted by molar-refractivity contribution is 6.35. The Labute approximate surface area is 132 Å². The van der Waals surface area contributed by atoms with Gasteiger partial charge in [0.05, 0.1) is 5.02 Å². The van der Waals surface area contributed by atoms with Gasteiger partial charge in [0.2, 0.25) is 0 Å². The first-order chi connectivity index (χ1) is 9.95. The van der Waals surface area contributed by atoms with Crippen molar-refractivity contribution in [2.24, 2.45) is 0 Å². The van der Waals surface area contributed by atoms with E-state index in [-0.39, 0.29) is 18.6 Å². The maximum atomic E-state index is 11.7. The van der Waals surface area contributed by atoms with Crippen LogP contribution >= 0.6 is 23.2 Å². The zero-order valence-electron chi connectivity index (χ0n) is 11.4. The molecule has 0 unspecified atom stereocenters. The number of hydrogen-bond donors (Lipinski definition) is 1. The van der Waals surface area contributed by atoms with Crippen molar-refractivity contribution >= 4 is 35.1 Å². The summed E-state index contributed by atoms with van der Waals surface area (Å²) in [5.41, 5.74) is 0. The molecule has 114 valence electrons. The molecule has 1 saturated carbocycles. The maximum absolute atomic E-state index is 11.7. The highest BCUT2D eigenvalue weighted by Gasteiger charge is 2.24. The lowest BCUT2D eigenvalue weighted by Crippen LogP contribution is -2.33.